The van der Waals surface area contributed by atoms with Gasteiger partial charge in [-0.3, -0.25) is 4.79 Å². The predicted molar refractivity (Wildman–Crippen MR) is 97.2 cm³/mol. The molecule has 1 atom stereocenters. The summed E-state index contributed by atoms with van der Waals surface area (Å²) in [5, 5.41) is 0. The van der Waals surface area contributed by atoms with Crippen LogP contribution in [0.4, 0.5) is 0 Å². The lowest BCUT2D eigenvalue weighted by Crippen LogP contribution is -2.40. The molecule has 4 rings (SSSR count). The van der Waals surface area contributed by atoms with Gasteiger partial charge in [0.05, 0.1) is 12.4 Å². The smallest absolute Gasteiger partial charge is 0.259 e. The minimum Gasteiger partial charge on any atom is -0.438 e. The highest BCUT2D eigenvalue weighted by Gasteiger charge is 2.27. The molecule has 0 N–H and O–H groups in total. The normalized spacial score (nSPS) is 17.1. The lowest BCUT2D eigenvalue weighted by Gasteiger charge is -2.33. The Hall–Kier alpha value is -3.15. The van der Waals surface area contributed by atoms with Crippen molar-refractivity contribution in [2.45, 2.75) is 18.9 Å². The number of nitrogens with zero attached hydrogens (tertiary/aromatic N) is 4. The van der Waals surface area contributed by atoms with Crippen molar-refractivity contribution >= 4 is 5.91 Å². The van der Waals surface area contributed by atoms with Crippen LogP contribution >= 0.6 is 0 Å². The van der Waals surface area contributed by atoms with Crippen LogP contribution in [0.5, 0.6) is 11.6 Å². The van der Waals surface area contributed by atoms with E-state index in [0.717, 1.165) is 19.4 Å². The van der Waals surface area contributed by atoms with Gasteiger partial charge in [-0.05, 0) is 37.1 Å². The second kappa shape index (κ2) is 7.39. The minimum absolute atomic E-state index is 0.0474. The summed E-state index contributed by atoms with van der Waals surface area (Å²) in [4.78, 5) is 23.4. The Labute approximate surface area is 152 Å². The van der Waals surface area contributed by atoms with Gasteiger partial charge in [0.15, 0.2) is 0 Å². The third kappa shape index (κ3) is 3.44. The van der Waals surface area contributed by atoms with Crippen LogP contribution in [0.15, 0.2) is 67.4 Å². The average Bonchev–Trinajstić information content (AvgIpc) is 3.24. The van der Waals surface area contributed by atoms with Crippen molar-refractivity contribution in [3.8, 4) is 11.6 Å². The van der Waals surface area contributed by atoms with Crippen LogP contribution in [0.25, 0.3) is 0 Å². The maximum atomic E-state index is 13.1. The van der Waals surface area contributed by atoms with Crippen molar-refractivity contribution in [1.82, 2.24) is 19.4 Å². The highest BCUT2D eigenvalue weighted by molar-refractivity contribution is 5.96. The molecule has 0 bridgehead atoms. The van der Waals surface area contributed by atoms with Gasteiger partial charge in [-0.1, -0.05) is 18.2 Å². The number of amides is 1. The van der Waals surface area contributed by atoms with E-state index in [2.05, 4.69) is 14.5 Å². The SMILES string of the molecule is O=C(c1cccnc1Oc1ccccc1)N1CCC[C@H](n2ccnc2)C1. The molecule has 3 heterocycles. The summed E-state index contributed by atoms with van der Waals surface area (Å²) in [6.07, 6.45) is 9.18. The molecule has 6 nitrogen and oxygen atoms in total. The second-order valence-electron chi connectivity index (χ2n) is 6.33. The number of pyridine rings is 1. The number of para-hydroxylation sites is 1. The Kier molecular flexibility index (Phi) is 4.64. The number of carbonyl (C=O) groups is 1. The predicted octanol–water partition coefficient (Wildman–Crippen LogP) is 3.55. The monoisotopic (exact) mass is 348 g/mol. The third-order valence-electron chi connectivity index (χ3n) is 4.59. The van der Waals surface area contributed by atoms with Crippen molar-refractivity contribution in [3.05, 3.63) is 72.9 Å². The molecule has 2 aromatic heterocycles. The summed E-state index contributed by atoms with van der Waals surface area (Å²) < 4.78 is 7.92. The van der Waals surface area contributed by atoms with Gasteiger partial charge in [0.1, 0.15) is 11.3 Å². The van der Waals surface area contributed by atoms with E-state index in [4.69, 9.17) is 4.74 Å². The van der Waals surface area contributed by atoms with Crippen LogP contribution in [-0.4, -0.2) is 38.4 Å². The molecule has 132 valence electrons. The Morgan fingerprint density at radius 2 is 2.00 bits per heavy atom. The second-order valence-corrected chi connectivity index (χ2v) is 6.33. The fourth-order valence-corrected chi connectivity index (χ4v) is 3.27. The van der Waals surface area contributed by atoms with Crippen LogP contribution in [0.1, 0.15) is 29.2 Å². The molecule has 0 aliphatic carbocycles. The third-order valence-corrected chi connectivity index (χ3v) is 4.59. The van der Waals surface area contributed by atoms with Gasteiger partial charge in [-0.2, -0.15) is 0 Å². The van der Waals surface area contributed by atoms with Gasteiger partial charge in [0.25, 0.3) is 5.91 Å². The fourth-order valence-electron chi connectivity index (χ4n) is 3.27. The van der Waals surface area contributed by atoms with Gasteiger partial charge in [0, 0.05) is 31.7 Å². The molecule has 1 saturated heterocycles. The molecule has 1 aliphatic rings. The molecule has 1 aliphatic heterocycles. The Balaban J connectivity index is 1.54. The number of ether oxygens (including phenoxy) is 1. The number of carbonyl (C=O) groups excluding carboxylic acids is 1. The summed E-state index contributed by atoms with van der Waals surface area (Å²) in [7, 11) is 0. The van der Waals surface area contributed by atoms with Crippen LogP contribution < -0.4 is 4.74 Å². The van der Waals surface area contributed by atoms with E-state index in [1.165, 1.54) is 0 Å². The molecule has 1 fully saturated rings. The Morgan fingerprint density at radius 1 is 1.12 bits per heavy atom. The average molecular weight is 348 g/mol. The lowest BCUT2D eigenvalue weighted by atomic mass is 10.0. The number of likely N-dealkylation sites (tertiary alicyclic amines) is 1. The van der Waals surface area contributed by atoms with Gasteiger partial charge < -0.3 is 14.2 Å². The molecule has 1 aromatic carbocycles. The minimum atomic E-state index is -0.0474. The zero-order chi connectivity index (χ0) is 17.8. The van der Waals surface area contributed by atoms with Crippen molar-refractivity contribution < 1.29 is 9.53 Å². The van der Waals surface area contributed by atoms with E-state index in [1.807, 2.05) is 47.8 Å². The summed E-state index contributed by atoms with van der Waals surface area (Å²) in [6.45, 7) is 1.40. The maximum Gasteiger partial charge on any atom is 0.259 e. The lowest BCUT2D eigenvalue weighted by molar-refractivity contribution is 0.0676. The molecule has 26 heavy (non-hydrogen) atoms. The van der Waals surface area contributed by atoms with E-state index >= 15 is 0 Å². The van der Waals surface area contributed by atoms with E-state index in [-0.39, 0.29) is 11.9 Å². The fraction of sp³-hybridized carbons (Fsp3) is 0.250. The number of aromatic nitrogens is 3. The number of benzene rings is 1. The largest absolute Gasteiger partial charge is 0.438 e. The topological polar surface area (TPSA) is 60.2 Å². The Bertz CT molecular complexity index is 865. The van der Waals surface area contributed by atoms with E-state index in [0.29, 0.717) is 23.7 Å². The number of imidazole rings is 1. The zero-order valence-corrected chi connectivity index (χ0v) is 14.4. The molecule has 1 amide bonds. The van der Waals surface area contributed by atoms with Gasteiger partial charge in [-0.15, -0.1) is 0 Å². The molecule has 6 heteroatoms. The number of hydrogen-bond acceptors (Lipinski definition) is 4. The van der Waals surface area contributed by atoms with Crippen molar-refractivity contribution in [2.24, 2.45) is 0 Å². The van der Waals surface area contributed by atoms with E-state index in [9.17, 15) is 4.79 Å². The van der Waals surface area contributed by atoms with Gasteiger partial charge >= 0.3 is 0 Å². The first kappa shape index (κ1) is 16.3. The molecular formula is C20H20N4O2. The summed E-state index contributed by atoms with van der Waals surface area (Å²) >= 11 is 0. The van der Waals surface area contributed by atoms with Crippen LogP contribution in [-0.2, 0) is 0 Å². The number of rotatable bonds is 4. The van der Waals surface area contributed by atoms with Gasteiger partial charge in [0.2, 0.25) is 5.88 Å². The van der Waals surface area contributed by atoms with Crippen LogP contribution in [0.2, 0.25) is 0 Å². The van der Waals surface area contributed by atoms with Crippen molar-refractivity contribution in [3.63, 3.8) is 0 Å². The highest BCUT2D eigenvalue weighted by atomic mass is 16.5. The molecule has 0 spiro atoms. The van der Waals surface area contributed by atoms with Crippen molar-refractivity contribution in [2.75, 3.05) is 13.1 Å². The summed E-state index contributed by atoms with van der Waals surface area (Å²) in [6, 6.07) is 13.2. The van der Waals surface area contributed by atoms with Crippen LogP contribution in [0, 0.1) is 0 Å². The molecule has 3 aromatic rings. The molecule has 0 unspecified atom stereocenters. The number of hydrogen-bond donors (Lipinski definition) is 0. The van der Waals surface area contributed by atoms with Gasteiger partial charge in [-0.25, -0.2) is 9.97 Å². The first-order valence-electron chi connectivity index (χ1n) is 8.76. The Morgan fingerprint density at radius 3 is 2.81 bits per heavy atom. The standard InChI is InChI=1S/C20H20N4O2/c25-20(23-12-5-6-16(14-23)24-13-11-21-15-24)18-9-4-10-22-19(18)26-17-7-2-1-3-8-17/h1-4,7-11,13,15-16H,5-6,12,14H2/t16-/m0/s1. The summed E-state index contributed by atoms with van der Waals surface area (Å²) in [5.74, 6) is 0.956. The maximum absolute atomic E-state index is 13.1. The van der Waals surface area contributed by atoms with Crippen LogP contribution in [0.3, 0.4) is 0 Å². The molecule has 0 saturated carbocycles. The van der Waals surface area contributed by atoms with Crippen molar-refractivity contribution in [1.29, 1.82) is 0 Å². The highest BCUT2D eigenvalue weighted by Crippen LogP contribution is 2.27. The molecular weight excluding hydrogens is 328 g/mol. The molecule has 0 radical (unpaired) electrons. The first-order chi connectivity index (χ1) is 12.8. The van der Waals surface area contributed by atoms with E-state index < -0.39 is 0 Å². The first-order valence-corrected chi connectivity index (χ1v) is 8.76. The quantitative estimate of drug-likeness (QED) is 0.723. The number of piperidine rings is 1. The summed E-state index contributed by atoms with van der Waals surface area (Å²) in [5.41, 5.74) is 0.489. The zero-order valence-electron chi connectivity index (χ0n) is 14.4. The van der Waals surface area contributed by atoms with E-state index in [1.54, 1.807) is 24.5 Å².